The van der Waals surface area contributed by atoms with Crippen LogP contribution in [0.4, 0.5) is 5.69 Å². The molecule has 1 saturated heterocycles. The fourth-order valence-corrected chi connectivity index (χ4v) is 4.85. The molecule has 0 aliphatic carbocycles. The number of nitrogens with zero attached hydrogens (tertiary/aromatic N) is 2. The van der Waals surface area contributed by atoms with Crippen LogP contribution in [0, 0.1) is 0 Å². The first-order valence-electron chi connectivity index (χ1n) is 9.28. The Kier molecular flexibility index (Phi) is 6.87. The smallest absolute Gasteiger partial charge is 0.255 e. The zero-order valence-corrected chi connectivity index (χ0v) is 18.6. The molecule has 0 unspecified atom stereocenters. The van der Waals surface area contributed by atoms with Crippen LogP contribution in [0.1, 0.15) is 10.4 Å². The molecule has 10 heteroatoms. The number of carbonyl (C=O) groups excluding carboxylic acids is 1. The fourth-order valence-electron chi connectivity index (χ4n) is 3.14. The second kappa shape index (κ2) is 9.22. The summed E-state index contributed by atoms with van der Waals surface area (Å²) in [5.74, 6) is 0.269. The lowest BCUT2D eigenvalue weighted by Gasteiger charge is -2.31. The molecule has 1 heterocycles. The standard InChI is InChI=1S/C20H24ClN3O5S/c1-23-8-10-24(11-9-23)30(26,27)16-6-4-15(5-7-16)22-20(25)14-12-17(21)19(29-3)18(13-14)28-2/h4-7,12-13H,8-11H2,1-3H3,(H,22,25). The van der Waals surface area contributed by atoms with Gasteiger partial charge in [0.2, 0.25) is 10.0 Å². The van der Waals surface area contributed by atoms with Gasteiger partial charge in [0, 0.05) is 37.4 Å². The van der Waals surface area contributed by atoms with Crippen LogP contribution in [0.5, 0.6) is 11.5 Å². The van der Waals surface area contributed by atoms with Gasteiger partial charge in [0.25, 0.3) is 5.91 Å². The summed E-state index contributed by atoms with van der Waals surface area (Å²) in [5, 5.41) is 2.98. The molecule has 1 fully saturated rings. The van der Waals surface area contributed by atoms with Gasteiger partial charge in [0.15, 0.2) is 11.5 Å². The number of anilines is 1. The van der Waals surface area contributed by atoms with Gasteiger partial charge in [-0.1, -0.05) is 11.6 Å². The molecule has 2 aromatic rings. The summed E-state index contributed by atoms with van der Waals surface area (Å²) < 4.78 is 37.5. The van der Waals surface area contributed by atoms with Gasteiger partial charge in [0.1, 0.15) is 0 Å². The van der Waals surface area contributed by atoms with Crippen molar-refractivity contribution in [3.05, 3.63) is 47.0 Å². The number of ether oxygens (including phenoxy) is 2. The molecular weight excluding hydrogens is 430 g/mol. The van der Waals surface area contributed by atoms with Gasteiger partial charge in [-0.05, 0) is 43.4 Å². The number of amides is 1. The second-order valence-corrected chi connectivity index (χ2v) is 9.22. The van der Waals surface area contributed by atoms with Gasteiger partial charge in [-0.25, -0.2) is 8.42 Å². The Morgan fingerprint density at radius 1 is 1.03 bits per heavy atom. The number of methoxy groups -OCH3 is 2. The molecule has 8 nitrogen and oxygen atoms in total. The summed E-state index contributed by atoms with van der Waals surface area (Å²) >= 11 is 6.15. The van der Waals surface area contributed by atoms with Crippen molar-refractivity contribution in [2.24, 2.45) is 0 Å². The molecule has 30 heavy (non-hydrogen) atoms. The topological polar surface area (TPSA) is 88.2 Å². The van der Waals surface area contributed by atoms with E-state index in [-0.39, 0.29) is 15.5 Å². The summed E-state index contributed by atoms with van der Waals surface area (Å²) in [6.07, 6.45) is 0. The maximum atomic E-state index is 12.8. The highest BCUT2D eigenvalue weighted by Crippen LogP contribution is 2.36. The highest BCUT2D eigenvalue weighted by molar-refractivity contribution is 7.89. The van der Waals surface area contributed by atoms with Gasteiger partial charge in [0.05, 0.1) is 24.1 Å². The molecule has 1 N–H and O–H groups in total. The van der Waals surface area contributed by atoms with E-state index in [0.29, 0.717) is 43.4 Å². The van der Waals surface area contributed by atoms with Crippen LogP contribution in [0.2, 0.25) is 5.02 Å². The monoisotopic (exact) mass is 453 g/mol. The number of sulfonamides is 1. The molecule has 1 aliphatic rings. The SMILES string of the molecule is COc1cc(C(=O)Nc2ccc(S(=O)(=O)N3CCN(C)CC3)cc2)cc(Cl)c1OC. The van der Waals surface area contributed by atoms with Gasteiger partial charge in [-0.15, -0.1) is 0 Å². The Hall–Kier alpha value is -2.33. The molecule has 0 saturated carbocycles. The third-order valence-electron chi connectivity index (χ3n) is 4.91. The van der Waals surface area contributed by atoms with E-state index < -0.39 is 15.9 Å². The number of piperazine rings is 1. The number of carbonyl (C=O) groups is 1. The van der Waals surface area contributed by atoms with Crippen LogP contribution >= 0.6 is 11.6 Å². The molecule has 0 aromatic heterocycles. The first-order valence-corrected chi connectivity index (χ1v) is 11.1. The van der Waals surface area contributed by atoms with Crippen molar-refractivity contribution in [3.63, 3.8) is 0 Å². The normalized spacial score (nSPS) is 15.6. The zero-order valence-electron chi connectivity index (χ0n) is 17.0. The average molecular weight is 454 g/mol. The number of nitrogens with one attached hydrogen (secondary N) is 1. The van der Waals surface area contributed by atoms with Crippen LogP contribution in [0.25, 0.3) is 0 Å². The van der Waals surface area contributed by atoms with Gasteiger partial charge >= 0.3 is 0 Å². The predicted octanol–water partition coefficient (Wildman–Crippen LogP) is 2.55. The number of benzene rings is 2. The first kappa shape index (κ1) is 22.4. The summed E-state index contributed by atoms with van der Waals surface area (Å²) in [7, 11) is 1.32. The van der Waals surface area contributed by atoms with Crippen molar-refractivity contribution in [2.75, 3.05) is 52.8 Å². The highest BCUT2D eigenvalue weighted by Gasteiger charge is 2.27. The van der Waals surface area contributed by atoms with E-state index in [0.717, 1.165) is 0 Å². The van der Waals surface area contributed by atoms with Crippen molar-refractivity contribution in [2.45, 2.75) is 4.90 Å². The summed E-state index contributed by atoms with van der Waals surface area (Å²) in [6, 6.07) is 9.10. The number of rotatable bonds is 6. The van der Waals surface area contributed by atoms with Crippen molar-refractivity contribution in [1.29, 1.82) is 0 Å². The number of likely N-dealkylation sites (N-methyl/N-ethyl adjacent to an activating group) is 1. The largest absolute Gasteiger partial charge is 0.493 e. The Bertz CT molecular complexity index is 1020. The summed E-state index contributed by atoms with van der Waals surface area (Å²) in [4.78, 5) is 14.9. The van der Waals surface area contributed by atoms with Gasteiger partial charge < -0.3 is 19.7 Å². The van der Waals surface area contributed by atoms with Crippen molar-refractivity contribution in [3.8, 4) is 11.5 Å². The molecule has 0 bridgehead atoms. The molecule has 0 atom stereocenters. The minimum atomic E-state index is -3.56. The summed E-state index contributed by atoms with van der Waals surface area (Å²) in [5.41, 5.74) is 0.745. The maximum absolute atomic E-state index is 12.8. The number of hydrogen-bond acceptors (Lipinski definition) is 6. The van der Waals surface area contributed by atoms with Crippen molar-refractivity contribution < 1.29 is 22.7 Å². The van der Waals surface area contributed by atoms with Crippen molar-refractivity contribution in [1.82, 2.24) is 9.21 Å². The Morgan fingerprint density at radius 3 is 2.23 bits per heavy atom. The third kappa shape index (κ3) is 4.70. The quantitative estimate of drug-likeness (QED) is 0.723. The van der Waals surface area contributed by atoms with Gasteiger partial charge in [-0.3, -0.25) is 4.79 Å². The molecule has 0 spiro atoms. The minimum Gasteiger partial charge on any atom is -0.493 e. The molecule has 1 aliphatic heterocycles. The molecular formula is C20H24ClN3O5S. The van der Waals surface area contributed by atoms with Crippen LogP contribution in [-0.4, -0.2) is 71.0 Å². The van der Waals surface area contributed by atoms with Crippen molar-refractivity contribution >= 4 is 33.2 Å². The average Bonchev–Trinajstić information content (AvgIpc) is 2.73. The fraction of sp³-hybridized carbons (Fsp3) is 0.350. The molecule has 1 amide bonds. The maximum Gasteiger partial charge on any atom is 0.255 e. The van der Waals surface area contributed by atoms with E-state index in [1.165, 1.54) is 42.8 Å². The number of hydrogen-bond donors (Lipinski definition) is 1. The Morgan fingerprint density at radius 2 is 1.67 bits per heavy atom. The lowest BCUT2D eigenvalue weighted by Crippen LogP contribution is -2.46. The third-order valence-corrected chi connectivity index (χ3v) is 7.10. The Labute approximate surface area is 181 Å². The predicted molar refractivity (Wildman–Crippen MR) is 115 cm³/mol. The minimum absolute atomic E-state index is 0.194. The second-order valence-electron chi connectivity index (χ2n) is 6.88. The molecule has 3 rings (SSSR count). The Balaban J connectivity index is 1.74. The van der Waals surface area contributed by atoms with E-state index in [1.54, 1.807) is 12.1 Å². The highest BCUT2D eigenvalue weighted by atomic mass is 35.5. The lowest BCUT2D eigenvalue weighted by molar-refractivity contribution is 0.102. The molecule has 0 radical (unpaired) electrons. The zero-order chi connectivity index (χ0) is 21.9. The van der Waals surface area contributed by atoms with Gasteiger partial charge in [-0.2, -0.15) is 4.31 Å². The number of halogens is 1. The lowest BCUT2D eigenvalue weighted by atomic mass is 10.1. The summed E-state index contributed by atoms with van der Waals surface area (Å²) in [6.45, 7) is 2.30. The van der Waals surface area contributed by atoms with Crippen LogP contribution in [-0.2, 0) is 10.0 Å². The molecule has 162 valence electrons. The van der Waals surface area contributed by atoms with E-state index in [2.05, 4.69) is 10.2 Å². The van der Waals surface area contributed by atoms with Crippen LogP contribution < -0.4 is 14.8 Å². The van der Waals surface area contributed by atoms with E-state index in [1.807, 2.05) is 7.05 Å². The van der Waals surface area contributed by atoms with E-state index >= 15 is 0 Å². The molecule has 2 aromatic carbocycles. The van der Waals surface area contributed by atoms with Crippen LogP contribution in [0.3, 0.4) is 0 Å². The van der Waals surface area contributed by atoms with E-state index in [9.17, 15) is 13.2 Å². The van der Waals surface area contributed by atoms with E-state index in [4.69, 9.17) is 21.1 Å². The first-order chi connectivity index (χ1) is 14.3. The van der Waals surface area contributed by atoms with Crippen LogP contribution in [0.15, 0.2) is 41.3 Å².